The molecule has 0 spiro atoms. The van der Waals surface area contributed by atoms with Gasteiger partial charge in [0.1, 0.15) is 11.4 Å². The number of fused-ring (bicyclic) bond motifs is 1. The van der Waals surface area contributed by atoms with Gasteiger partial charge in [-0.1, -0.05) is 17.7 Å². The number of hydrogen-bond acceptors (Lipinski definition) is 6. The van der Waals surface area contributed by atoms with Crippen LogP contribution in [0.15, 0.2) is 23.2 Å². The molecule has 3 rings (SSSR count). The summed E-state index contributed by atoms with van der Waals surface area (Å²) in [5.41, 5.74) is 1.07. The van der Waals surface area contributed by atoms with Crippen molar-refractivity contribution < 1.29 is 23.0 Å². The molecule has 160 valence electrons. The number of guanidine groups is 1. The van der Waals surface area contributed by atoms with Gasteiger partial charge < -0.3 is 24.6 Å². The van der Waals surface area contributed by atoms with Crippen LogP contribution in [-0.4, -0.2) is 66.3 Å². The number of hydrogen-bond donors (Lipinski definition) is 1. The lowest BCUT2D eigenvalue weighted by molar-refractivity contribution is -0.0504. The van der Waals surface area contributed by atoms with Crippen molar-refractivity contribution in [1.82, 2.24) is 15.1 Å². The van der Waals surface area contributed by atoms with E-state index in [1.807, 2.05) is 33.8 Å². The molecule has 1 N–H and O–H groups in total. The first-order valence-corrected chi connectivity index (χ1v) is 9.69. The molecule has 0 bridgehead atoms. The van der Waals surface area contributed by atoms with Crippen molar-refractivity contribution >= 4 is 12.1 Å². The Balaban J connectivity index is 1.58. The van der Waals surface area contributed by atoms with E-state index in [1.54, 1.807) is 17.0 Å². The number of benzene rings is 1. The number of carbonyl (C=O) groups is 1. The first-order chi connectivity index (χ1) is 13.6. The maximum absolute atomic E-state index is 12.7. The first-order valence-electron chi connectivity index (χ1n) is 9.69. The van der Waals surface area contributed by atoms with Crippen molar-refractivity contribution in [3.8, 4) is 5.75 Å². The summed E-state index contributed by atoms with van der Waals surface area (Å²) in [4.78, 5) is 20.7. The van der Waals surface area contributed by atoms with Crippen LogP contribution in [0.4, 0.5) is 13.6 Å². The second kappa shape index (κ2) is 8.42. The van der Waals surface area contributed by atoms with Crippen LogP contribution in [0, 0.1) is 6.92 Å². The summed E-state index contributed by atoms with van der Waals surface area (Å²) in [6, 6.07) is 5.18. The van der Waals surface area contributed by atoms with Crippen LogP contribution < -0.4 is 10.1 Å². The number of amides is 1. The predicted octanol–water partition coefficient (Wildman–Crippen LogP) is 2.98. The summed E-state index contributed by atoms with van der Waals surface area (Å²) in [5, 5.41) is 3.24. The van der Waals surface area contributed by atoms with Crippen LogP contribution in [0.5, 0.6) is 5.75 Å². The van der Waals surface area contributed by atoms with Gasteiger partial charge in [0.25, 0.3) is 0 Å². The standard InChI is InChI=1S/C20H28F2N4O3/c1-13-5-6-16(28-17(21)22)14(9-13)10-23-18-24-11-15-12-25(7-8-26(15)18)19(27)29-20(2,3)4/h5-6,9,15,17H,7-8,10-12H2,1-4H3,(H,23,24). The minimum atomic E-state index is -2.87. The number of piperazine rings is 1. The summed E-state index contributed by atoms with van der Waals surface area (Å²) in [6.07, 6.45) is -0.313. The SMILES string of the molecule is Cc1ccc(OC(F)F)c(CNC2=NCC3CN(C(=O)OC(C)(C)C)CCN23)c1. The van der Waals surface area contributed by atoms with E-state index in [0.29, 0.717) is 44.2 Å². The highest BCUT2D eigenvalue weighted by atomic mass is 19.3. The largest absolute Gasteiger partial charge is 0.444 e. The van der Waals surface area contributed by atoms with Crippen molar-refractivity contribution in [1.29, 1.82) is 0 Å². The molecule has 7 nitrogen and oxygen atoms in total. The Morgan fingerprint density at radius 2 is 2.10 bits per heavy atom. The van der Waals surface area contributed by atoms with E-state index in [1.165, 1.54) is 0 Å². The van der Waals surface area contributed by atoms with Crippen molar-refractivity contribution in [2.75, 3.05) is 26.2 Å². The van der Waals surface area contributed by atoms with Gasteiger partial charge in [0.15, 0.2) is 5.96 Å². The van der Waals surface area contributed by atoms with Crippen LogP contribution >= 0.6 is 0 Å². The summed E-state index contributed by atoms with van der Waals surface area (Å²) < 4.78 is 35.4. The maximum atomic E-state index is 12.7. The van der Waals surface area contributed by atoms with Gasteiger partial charge in [-0.05, 0) is 33.8 Å². The maximum Gasteiger partial charge on any atom is 0.410 e. The Kier molecular flexibility index (Phi) is 6.14. The van der Waals surface area contributed by atoms with Gasteiger partial charge in [0, 0.05) is 31.7 Å². The average Bonchev–Trinajstić information content (AvgIpc) is 3.02. The van der Waals surface area contributed by atoms with Crippen molar-refractivity contribution in [2.24, 2.45) is 4.99 Å². The molecule has 2 aliphatic heterocycles. The zero-order valence-electron chi connectivity index (χ0n) is 17.2. The second-order valence-corrected chi connectivity index (χ2v) is 8.28. The minimum absolute atomic E-state index is 0.0769. The van der Waals surface area contributed by atoms with Crippen LogP contribution in [-0.2, 0) is 11.3 Å². The fourth-order valence-electron chi connectivity index (χ4n) is 3.45. The van der Waals surface area contributed by atoms with Crippen molar-refractivity contribution in [3.63, 3.8) is 0 Å². The summed E-state index contributed by atoms with van der Waals surface area (Å²) in [6.45, 7) is 7.16. The zero-order valence-corrected chi connectivity index (χ0v) is 17.2. The molecule has 1 aromatic rings. The Bertz CT molecular complexity index is 779. The third-order valence-corrected chi connectivity index (χ3v) is 4.73. The van der Waals surface area contributed by atoms with Gasteiger partial charge in [0.2, 0.25) is 0 Å². The summed E-state index contributed by atoms with van der Waals surface area (Å²) in [5.74, 6) is 0.867. The second-order valence-electron chi connectivity index (χ2n) is 8.28. The lowest BCUT2D eigenvalue weighted by Gasteiger charge is -2.39. The smallest absolute Gasteiger partial charge is 0.410 e. The number of ether oxygens (including phenoxy) is 2. The van der Waals surface area contributed by atoms with Crippen molar-refractivity contribution in [3.05, 3.63) is 29.3 Å². The molecule has 1 aromatic carbocycles. The molecule has 0 saturated carbocycles. The lowest BCUT2D eigenvalue weighted by Crippen LogP contribution is -2.57. The molecule has 1 fully saturated rings. The number of aryl methyl sites for hydroxylation is 1. The highest BCUT2D eigenvalue weighted by Crippen LogP contribution is 2.23. The fraction of sp³-hybridized carbons (Fsp3) is 0.600. The van der Waals surface area contributed by atoms with Crippen LogP contribution in [0.1, 0.15) is 31.9 Å². The summed E-state index contributed by atoms with van der Waals surface area (Å²) in [7, 11) is 0. The number of nitrogens with one attached hydrogen (secondary N) is 1. The molecule has 0 aliphatic carbocycles. The third-order valence-electron chi connectivity index (χ3n) is 4.73. The number of alkyl halides is 2. The Morgan fingerprint density at radius 1 is 1.34 bits per heavy atom. The summed E-state index contributed by atoms with van der Waals surface area (Å²) >= 11 is 0. The molecule has 29 heavy (non-hydrogen) atoms. The van der Waals surface area contributed by atoms with Gasteiger partial charge in [-0.15, -0.1) is 0 Å². The van der Waals surface area contributed by atoms with Crippen LogP contribution in [0.25, 0.3) is 0 Å². The fourth-order valence-corrected chi connectivity index (χ4v) is 3.45. The highest BCUT2D eigenvalue weighted by Gasteiger charge is 2.36. The predicted molar refractivity (Wildman–Crippen MR) is 105 cm³/mol. The lowest BCUT2D eigenvalue weighted by atomic mass is 10.1. The molecule has 2 heterocycles. The topological polar surface area (TPSA) is 66.4 Å². The monoisotopic (exact) mass is 410 g/mol. The van der Waals surface area contributed by atoms with E-state index in [9.17, 15) is 13.6 Å². The number of carbonyl (C=O) groups excluding carboxylic acids is 1. The Labute approximate surface area is 169 Å². The Hall–Kier alpha value is -2.58. The molecule has 1 amide bonds. The van der Waals surface area contributed by atoms with E-state index in [4.69, 9.17) is 4.74 Å². The zero-order chi connectivity index (χ0) is 21.2. The van der Waals surface area contributed by atoms with E-state index in [0.717, 1.165) is 5.56 Å². The van der Waals surface area contributed by atoms with Gasteiger partial charge in [-0.3, -0.25) is 4.99 Å². The van der Waals surface area contributed by atoms with Crippen molar-refractivity contribution in [2.45, 2.75) is 52.5 Å². The molecule has 0 aromatic heterocycles. The van der Waals surface area contributed by atoms with E-state index in [-0.39, 0.29) is 17.9 Å². The Morgan fingerprint density at radius 3 is 2.79 bits per heavy atom. The molecule has 2 aliphatic rings. The molecule has 1 saturated heterocycles. The van der Waals surface area contributed by atoms with E-state index < -0.39 is 12.2 Å². The molecule has 1 unspecified atom stereocenters. The average molecular weight is 410 g/mol. The third kappa shape index (κ3) is 5.48. The van der Waals surface area contributed by atoms with Gasteiger partial charge in [-0.2, -0.15) is 8.78 Å². The quantitative estimate of drug-likeness (QED) is 0.827. The van der Waals surface area contributed by atoms with Crippen LogP contribution in [0.2, 0.25) is 0 Å². The molecule has 0 radical (unpaired) electrons. The molecular formula is C20H28F2N4O3. The van der Waals surface area contributed by atoms with Gasteiger partial charge >= 0.3 is 12.7 Å². The van der Waals surface area contributed by atoms with Gasteiger partial charge in [-0.25, -0.2) is 4.79 Å². The minimum Gasteiger partial charge on any atom is -0.444 e. The number of halogens is 2. The normalized spacial score (nSPS) is 19.1. The van der Waals surface area contributed by atoms with E-state index >= 15 is 0 Å². The molecule has 1 atom stereocenters. The van der Waals surface area contributed by atoms with Crippen LogP contribution in [0.3, 0.4) is 0 Å². The molecular weight excluding hydrogens is 382 g/mol. The molecule has 9 heteroatoms. The van der Waals surface area contributed by atoms with E-state index in [2.05, 4.69) is 19.9 Å². The van der Waals surface area contributed by atoms with Gasteiger partial charge in [0.05, 0.1) is 12.6 Å². The number of aliphatic imine (C=N–C) groups is 1. The highest BCUT2D eigenvalue weighted by molar-refractivity contribution is 5.82. The number of nitrogens with zero attached hydrogens (tertiary/aromatic N) is 3. The number of rotatable bonds is 4. The first kappa shape index (κ1) is 21.1.